The molecule has 1 aliphatic rings. The van der Waals surface area contributed by atoms with Crippen LogP contribution < -0.4 is 16.0 Å². The maximum atomic E-state index is 11.9. The van der Waals surface area contributed by atoms with Gasteiger partial charge in [0.1, 0.15) is 10.6 Å². The van der Waals surface area contributed by atoms with E-state index in [0.29, 0.717) is 12.6 Å². The molecular formula is C20H36IN5O2S. The van der Waals surface area contributed by atoms with Crippen molar-refractivity contribution in [2.75, 3.05) is 6.54 Å². The predicted octanol–water partition coefficient (Wildman–Crippen LogP) is 4.21. The predicted molar refractivity (Wildman–Crippen MR) is 130 cm³/mol. The van der Waals surface area contributed by atoms with Gasteiger partial charge < -0.3 is 20.7 Å². The third-order valence-corrected chi connectivity index (χ3v) is 5.58. The van der Waals surface area contributed by atoms with Gasteiger partial charge in [-0.3, -0.25) is 0 Å². The zero-order valence-electron chi connectivity index (χ0n) is 18.2. The summed E-state index contributed by atoms with van der Waals surface area (Å²) in [4.78, 5) is 22.3. The van der Waals surface area contributed by atoms with Crippen molar-refractivity contribution < 1.29 is 9.53 Å². The van der Waals surface area contributed by atoms with Crippen molar-refractivity contribution >= 4 is 47.4 Å². The highest BCUT2D eigenvalue weighted by atomic mass is 127. The van der Waals surface area contributed by atoms with Gasteiger partial charge in [-0.15, -0.1) is 35.3 Å². The summed E-state index contributed by atoms with van der Waals surface area (Å²) in [6.07, 6.45) is 6.47. The fraction of sp³-hybridized carbons (Fsp3) is 0.750. The Morgan fingerprint density at radius 2 is 1.83 bits per heavy atom. The van der Waals surface area contributed by atoms with Gasteiger partial charge in [0.25, 0.3) is 0 Å². The van der Waals surface area contributed by atoms with Gasteiger partial charge in [0.15, 0.2) is 5.96 Å². The van der Waals surface area contributed by atoms with Gasteiger partial charge in [-0.1, -0.05) is 6.92 Å². The molecule has 2 rings (SSSR count). The molecule has 0 atom stereocenters. The number of aromatic nitrogens is 1. The number of nitrogens with zero attached hydrogens (tertiary/aromatic N) is 2. The molecule has 1 heterocycles. The second-order valence-electron chi connectivity index (χ2n) is 8.11. The third kappa shape index (κ3) is 9.97. The Morgan fingerprint density at radius 1 is 1.21 bits per heavy atom. The summed E-state index contributed by atoms with van der Waals surface area (Å²) >= 11 is 1.72. The molecule has 29 heavy (non-hydrogen) atoms. The van der Waals surface area contributed by atoms with Gasteiger partial charge in [-0.2, -0.15) is 0 Å². The molecule has 0 aliphatic heterocycles. The Hall–Kier alpha value is -1.10. The van der Waals surface area contributed by atoms with Gasteiger partial charge in [0.2, 0.25) is 0 Å². The molecule has 1 aliphatic carbocycles. The number of hydrogen-bond acceptors (Lipinski definition) is 5. The maximum Gasteiger partial charge on any atom is 0.407 e. The molecule has 7 nitrogen and oxygen atoms in total. The van der Waals surface area contributed by atoms with E-state index in [1.54, 1.807) is 11.3 Å². The number of alkyl carbamates (subject to hydrolysis) is 1. The van der Waals surface area contributed by atoms with E-state index in [0.717, 1.165) is 49.6 Å². The molecular weight excluding hydrogens is 501 g/mol. The van der Waals surface area contributed by atoms with E-state index in [2.05, 4.69) is 39.8 Å². The average Bonchev–Trinajstić information content (AvgIpc) is 3.08. The molecule has 3 N–H and O–H groups in total. The lowest BCUT2D eigenvalue weighted by molar-refractivity contribution is 0.0490. The summed E-state index contributed by atoms with van der Waals surface area (Å²) < 4.78 is 5.35. The number of nitrogens with one attached hydrogen (secondary N) is 3. The van der Waals surface area contributed by atoms with E-state index in [1.807, 2.05) is 27.0 Å². The van der Waals surface area contributed by atoms with E-state index in [4.69, 9.17) is 4.74 Å². The number of halogens is 1. The molecule has 166 valence electrons. The zero-order valence-corrected chi connectivity index (χ0v) is 21.4. The standard InChI is InChI=1S/C20H35N5O2S.HI/c1-6-16-12-22-17(28-16)13-23-18(21-7-2)24-14-8-10-15(11-9-14)25-19(26)27-20(3,4)5;/h12,14-15H,6-11,13H2,1-5H3,(H,25,26)(H2,21,23,24);1H. The Morgan fingerprint density at radius 3 is 2.34 bits per heavy atom. The molecule has 1 amide bonds. The van der Waals surface area contributed by atoms with Crippen LogP contribution in [-0.2, 0) is 17.7 Å². The van der Waals surface area contributed by atoms with Crippen molar-refractivity contribution in [1.82, 2.24) is 20.9 Å². The first-order chi connectivity index (χ1) is 13.3. The molecule has 0 aromatic carbocycles. The van der Waals surface area contributed by atoms with E-state index in [1.165, 1.54) is 4.88 Å². The van der Waals surface area contributed by atoms with Gasteiger partial charge in [-0.05, 0) is 59.8 Å². The minimum absolute atomic E-state index is 0. The van der Waals surface area contributed by atoms with Crippen molar-refractivity contribution in [3.63, 3.8) is 0 Å². The number of thiazole rings is 1. The van der Waals surface area contributed by atoms with Crippen molar-refractivity contribution in [2.24, 2.45) is 4.99 Å². The molecule has 0 radical (unpaired) electrons. The van der Waals surface area contributed by atoms with Crippen molar-refractivity contribution in [2.45, 2.75) is 91.0 Å². The van der Waals surface area contributed by atoms with Crippen LogP contribution >= 0.6 is 35.3 Å². The first-order valence-electron chi connectivity index (χ1n) is 10.3. The maximum absolute atomic E-state index is 11.9. The van der Waals surface area contributed by atoms with E-state index < -0.39 is 5.60 Å². The number of carbonyl (C=O) groups is 1. The van der Waals surface area contributed by atoms with Crippen molar-refractivity contribution in [3.05, 3.63) is 16.1 Å². The summed E-state index contributed by atoms with van der Waals surface area (Å²) in [5.74, 6) is 0.833. The second-order valence-corrected chi connectivity index (χ2v) is 9.31. The smallest absolute Gasteiger partial charge is 0.407 e. The minimum Gasteiger partial charge on any atom is -0.444 e. The van der Waals surface area contributed by atoms with Gasteiger partial charge in [-0.25, -0.2) is 14.8 Å². The van der Waals surface area contributed by atoms with Crippen LogP contribution in [0.2, 0.25) is 0 Å². The first-order valence-corrected chi connectivity index (χ1v) is 11.1. The van der Waals surface area contributed by atoms with Crippen molar-refractivity contribution in [3.8, 4) is 0 Å². The average molecular weight is 538 g/mol. The summed E-state index contributed by atoms with van der Waals surface area (Å²) in [5, 5.41) is 10.9. The van der Waals surface area contributed by atoms with Crippen LogP contribution in [0.1, 0.15) is 70.2 Å². The SMILES string of the molecule is CCNC(=NCc1ncc(CC)s1)NC1CCC(NC(=O)OC(C)(C)C)CC1.I. The van der Waals surface area contributed by atoms with Crippen LogP contribution in [0.4, 0.5) is 4.79 Å². The number of hydrogen-bond donors (Lipinski definition) is 3. The molecule has 0 saturated heterocycles. The Labute approximate surface area is 195 Å². The lowest BCUT2D eigenvalue weighted by atomic mass is 9.91. The minimum atomic E-state index is -0.463. The molecule has 1 aromatic heterocycles. The fourth-order valence-corrected chi connectivity index (χ4v) is 3.89. The zero-order chi connectivity index (χ0) is 20.6. The van der Waals surface area contributed by atoms with Crippen LogP contribution in [0.5, 0.6) is 0 Å². The second kappa shape index (κ2) is 12.6. The van der Waals surface area contributed by atoms with E-state index >= 15 is 0 Å². The van der Waals surface area contributed by atoms with Crippen LogP contribution in [0.3, 0.4) is 0 Å². The number of guanidine groups is 1. The number of rotatable bonds is 6. The lowest BCUT2D eigenvalue weighted by Crippen LogP contribution is -2.48. The first kappa shape index (κ1) is 25.9. The number of aryl methyl sites for hydroxylation is 1. The molecule has 0 bridgehead atoms. The van der Waals surface area contributed by atoms with Gasteiger partial charge >= 0.3 is 6.09 Å². The molecule has 1 aromatic rings. The van der Waals surface area contributed by atoms with Gasteiger partial charge in [0.05, 0.1) is 6.54 Å². The normalized spacial score (nSPS) is 19.8. The number of ether oxygens (including phenoxy) is 1. The molecule has 9 heteroatoms. The summed E-state index contributed by atoms with van der Waals surface area (Å²) in [6.45, 7) is 11.3. The fourth-order valence-electron chi connectivity index (χ4n) is 3.10. The van der Waals surface area contributed by atoms with Crippen molar-refractivity contribution in [1.29, 1.82) is 0 Å². The summed E-state index contributed by atoms with van der Waals surface area (Å²) in [5.41, 5.74) is -0.463. The highest BCUT2D eigenvalue weighted by Crippen LogP contribution is 2.19. The Kier molecular flexibility index (Phi) is 11.2. The largest absolute Gasteiger partial charge is 0.444 e. The molecule has 1 fully saturated rings. The quantitative estimate of drug-likeness (QED) is 0.288. The lowest BCUT2D eigenvalue weighted by Gasteiger charge is -2.31. The number of amides is 1. The molecule has 0 spiro atoms. The van der Waals surface area contributed by atoms with Crippen LogP contribution in [-0.4, -0.2) is 41.3 Å². The van der Waals surface area contributed by atoms with E-state index in [-0.39, 0.29) is 36.1 Å². The Balaban J connectivity index is 0.00000420. The van der Waals surface area contributed by atoms with Gasteiger partial charge in [0, 0.05) is 29.7 Å². The summed E-state index contributed by atoms with van der Waals surface area (Å²) in [6, 6.07) is 0.534. The molecule has 0 unspecified atom stereocenters. The molecule has 1 saturated carbocycles. The highest BCUT2D eigenvalue weighted by molar-refractivity contribution is 14.0. The highest BCUT2D eigenvalue weighted by Gasteiger charge is 2.25. The summed E-state index contributed by atoms with van der Waals surface area (Å²) in [7, 11) is 0. The number of aliphatic imine (C=N–C) groups is 1. The monoisotopic (exact) mass is 537 g/mol. The Bertz CT molecular complexity index is 652. The third-order valence-electron chi connectivity index (χ3n) is 4.46. The van der Waals surface area contributed by atoms with Crippen LogP contribution in [0.15, 0.2) is 11.2 Å². The number of carbonyl (C=O) groups excluding carboxylic acids is 1. The van der Waals surface area contributed by atoms with Crippen LogP contribution in [0, 0.1) is 0 Å². The van der Waals surface area contributed by atoms with Crippen LogP contribution in [0.25, 0.3) is 0 Å². The topological polar surface area (TPSA) is 87.6 Å². The van der Waals surface area contributed by atoms with E-state index in [9.17, 15) is 4.79 Å².